The molecule has 1 aromatic rings. The van der Waals surface area contributed by atoms with E-state index >= 15 is 0 Å². The quantitative estimate of drug-likeness (QED) is 0.345. The van der Waals surface area contributed by atoms with Gasteiger partial charge in [0, 0.05) is 6.42 Å². The Morgan fingerprint density at radius 1 is 0.867 bits per heavy atom. The number of nitrogens with one attached hydrogen (secondary N) is 3. The zero-order valence-corrected chi connectivity index (χ0v) is 17.8. The lowest BCUT2D eigenvalue weighted by molar-refractivity contribution is -0.142. The van der Waals surface area contributed by atoms with Gasteiger partial charge in [-0.3, -0.25) is 14.4 Å². The minimum atomic E-state index is -1.14. The normalized spacial score (nSPS) is 14.9. The number of amides is 3. The molecule has 0 aliphatic heterocycles. The summed E-state index contributed by atoms with van der Waals surface area (Å²) in [6.07, 6.45) is 0.425. The molecule has 0 aromatic heterocycles. The predicted octanol–water partition coefficient (Wildman–Crippen LogP) is 0.181. The lowest BCUT2D eigenvalue weighted by Gasteiger charge is -2.24. The van der Waals surface area contributed by atoms with Crippen molar-refractivity contribution in [2.45, 2.75) is 64.7 Å². The number of rotatable bonds is 11. The van der Waals surface area contributed by atoms with Crippen molar-refractivity contribution in [2.24, 2.45) is 11.7 Å². The Morgan fingerprint density at radius 2 is 1.43 bits per heavy atom. The molecule has 0 aliphatic carbocycles. The molecule has 0 heterocycles. The molecule has 1 rings (SSSR count). The van der Waals surface area contributed by atoms with E-state index in [2.05, 4.69) is 16.0 Å². The molecule has 9 nitrogen and oxygen atoms in total. The largest absolute Gasteiger partial charge is 0.480 e. The summed E-state index contributed by atoms with van der Waals surface area (Å²) in [7, 11) is 0. The number of aliphatic carboxylic acids is 1. The molecule has 3 amide bonds. The minimum Gasteiger partial charge on any atom is -0.480 e. The first-order valence-electron chi connectivity index (χ1n) is 9.94. The van der Waals surface area contributed by atoms with Crippen LogP contribution in [0.5, 0.6) is 0 Å². The van der Waals surface area contributed by atoms with Gasteiger partial charge in [-0.2, -0.15) is 0 Å². The van der Waals surface area contributed by atoms with Crippen molar-refractivity contribution in [3.63, 3.8) is 0 Å². The summed E-state index contributed by atoms with van der Waals surface area (Å²) in [5.41, 5.74) is 6.29. The molecule has 0 bridgehead atoms. The Labute approximate surface area is 176 Å². The van der Waals surface area contributed by atoms with Gasteiger partial charge in [-0.1, -0.05) is 44.2 Å². The summed E-state index contributed by atoms with van der Waals surface area (Å²) < 4.78 is 0. The van der Waals surface area contributed by atoms with E-state index in [1.807, 2.05) is 19.9 Å². The standard InChI is InChI=1S/C21H32N4O5/c1-12(2)10-17(21(29)30)25-20(28)16(11-15-8-6-5-7-9-15)24-19(27)14(4)23-18(26)13(3)22/h5-9,12-14,16-17H,10-11,22H2,1-4H3,(H,23,26)(H,24,27)(H,25,28)(H,29,30)/t13-,14-,16-,17-/m0/s1. The number of carboxylic acids is 1. The number of benzene rings is 1. The number of carboxylic acid groups (broad SMARTS) is 1. The molecule has 0 fully saturated rings. The van der Waals surface area contributed by atoms with Crippen LogP contribution < -0.4 is 21.7 Å². The topological polar surface area (TPSA) is 151 Å². The van der Waals surface area contributed by atoms with Crippen LogP contribution in [0.25, 0.3) is 0 Å². The molecule has 0 radical (unpaired) electrons. The highest BCUT2D eigenvalue weighted by molar-refractivity contribution is 5.93. The lowest BCUT2D eigenvalue weighted by atomic mass is 10.0. The highest BCUT2D eigenvalue weighted by atomic mass is 16.4. The van der Waals surface area contributed by atoms with Crippen molar-refractivity contribution in [1.29, 1.82) is 0 Å². The van der Waals surface area contributed by atoms with Crippen LogP contribution in [0.3, 0.4) is 0 Å². The fourth-order valence-electron chi connectivity index (χ4n) is 2.73. The molecule has 9 heteroatoms. The zero-order chi connectivity index (χ0) is 22.8. The van der Waals surface area contributed by atoms with Gasteiger partial charge in [-0.15, -0.1) is 0 Å². The van der Waals surface area contributed by atoms with E-state index in [0.717, 1.165) is 5.56 Å². The molecule has 0 saturated heterocycles. The molecule has 0 saturated carbocycles. The second kappa shape index (κ2) is 11.9. The summed E-state index contributed by atoms with van der Waals surface area (Å²) >= 11 is 0. The van der Waals surface area contributed by atoms with Gasteiger partial charge in [0.2, 0.25) is 17.7 Å². The predicted molar refractivity (Wildman–Crippen MR) is 112 cm³/mol. The number of hydrogen-bond donors (Lipinski definition) is 5. The summed E-state index contributed by atoms with van der Waals surface area (Å²) in [5, 5.41) is 17.0. The molecule has 0 unspecified atom stereocenters. The van der Waals surface area contributed by atoms with Gasteiger partial charge in [0.1, 0.15) is 18.1 Å². The maximum Gasteiger partial charge on any atom is 0.326 e. The fraction of sp³-hybridized carbons (Fsp3) is 0.524. The number of carbonyl (C=O) groups is 4. The van der Waals surface area contributed by atoms with E-state index < -0.39 is 47.9 Å². The summed E-state index contributed by atoms with van der Waals surface area (Å²) in [6, 6.07) is 5.26. The summed E-state index contributed by atoms with van der Waals surface area (Å²) in [5.74, 6) is -2.76. The average molecular weight is 421 g/mol. The van der Waals surface area contributed by atoms with Gasteiger partial charge in [0.25, 0.3) is 0 Å². The SMILES string of the molecule is CC(C)C[C@H](NC(=O)[C@H](Cc1ccccc1)NC(=O)[C@H](C)NC(=O)[C@H](C)N)C(=O)O. The van der Waals surface area contributed by atoms with Gasteiger partial charge in [0.05, 0.1) is 6.04 Å². The first kappa shape index (κ1) is 25.1. The van der Waals surface area contributed by atoms with E-state index in [9.17, 15) is 24.3 Å². The minimum absolute atomic E-state index is 0.0575. The first-order valence-corrected chi connectivity index (χ1v) is 9.94. The average Bonchev–Trinajstić information content (AvgIpc) is 2.66. The van der Waals surface area contributed by atoms with Crippen LogP contribution in [0, 0.1) is 5.92 Å². The molecular formula is C21H32N4O5. The Balaban J connectivity index is 2.95. The highest BCUT2D eigenvalue weighted by Crippen LogP contribution is 2.08. The fourth-order valence-corrected chi connectivity index (χ4v) is 2.73. The van der Waals surface area contributed by atoms with Crippen molar-refractivity contribution in [3.8, 4) is 0 Å². The maximum absolute atomic E-state index is 12.8. The third kappa shape index (κ3) is 8.60. The molecule has 6 N–H and O–H groups in total. The molecule has 1 aromatic carbocycles. The van der Waals surface area contributed by atoms with Crippen LogP contribution >= 0.6 is 0 Å². The Bertz CT molecular complexity index is 736. The second-order valence-corrected chi connectivity index (χ2v) is 7.80. The molecule has 30 heavy (non-hydrogen) atoms. The van der Waals surface area contributed by atoms with E-state index in [1.54, 1.807) is 24.3 Å². The van der Waals surface area contributed by atoms with Crippen LogP contribution in [-0.2, 0) is 25.6 Å². The van der Waals surface area contributed by atoms with Crippen molar-refractivity contribution < 1.29 is 24.3 Å². The lowest BCUT2D eigenvalue weighted by Crippen LogP contribution is -2.56. The van der Waals surface area contributed by atoms with E-state index in [-0.39, 0.29) is 18.8 Å². The van der Waals surface area contributed by atoms with Crippen LogP contribution in [0.1, 0.15) is 39.7 Å². The highest BCUT2D eigenvalue weighted by Gasteiger charge is 2.29. The van der Waals surface area contributed by atoms with Crippen molar-refractivity contribution in [2.75, 3.05) is 0 Å². The van der Waals surface area contributed by atoms with E-state index in [0.29, 0.717) is 0 Å². The molecule has 4 atom stereocenters. The molecular weight excluding hydrogens is 388 g/mol. The van der Waals surface area contributed by atoms with Gasteiger partial charge < -0.3 is 26.8 Å². The van der Waals surface area contributed by atoms with Crippen molar-refractivity contribution in [3.05, 3.63) is 35.9 Å². The Hall–Kier alpha value is -2.94. The monoisotopic (exact) mass is 420 g/mol. The van der Waals surface area contributed by atoms with E-state index in [1.165, 1.54) is 13.8 Å². The third-order valence-electron chi connectivity index (χ3n) is 4.40. The molecule has 0 aliphatic rings. The van der Waals surface area contributed by atoms with Crippen LogP contribution in [0.4, 0.5) is 0 Å². The number of carbonyl (C=O) groups excluding carboxylic acids is 3. The maximum atomic E-state index is 12.8. The number of hydrogen-bond acceptors (Lipinski definition) is 5. The van der Waals surface area contributed by atoms with Gasteiger partial charge in [-0.05, 0) is 31.7 Å². The van der Waals surface area contributed by atoms with Gasteiger partial charge >= 0.3 is 5.97 Å². The van der Waals surface area contributed by atoms with Crippen LogP contribution in [-0.4, -0.2) is 53.0 Å². The van der Waals surface area contributed by atoms with E-state index in [4.69, 9.17) is 5.73 Å². The summed E-state index contributed by atoms with van der Waals surface area (Å²) in [6.45, 7) is 6.68. The van der Waals surface area contributed by atoms with Crippen LogP contribution in [0.15, 0.2) is 30.3 Å². The Kier molecular flexibility index (Phi) is 9.97. The van der Waals surface area contributed by atoms with Gasteiger partial charge in [-0.25, -0.2) is 4.79 Å². The molecule has 0 spiro atoms. The number of nitrogens with two attached hydrogens (primary N) is 1. The second-order valence-electron chi connectivity index (χ2n) is 7.80. The molecule has 166 valence electrons. The van der Waals surface area contributed by atoms with Crippen molar-refractivity contribution >= 4 is 23.7 Å². The zero-order valence-electron chi connectivity index (χ0n) is 17.8. The first-order chi connectivity index (χ1) is 14.0. The van der Waals surface area contributed by atoms with Crippen LogP contribution in [0.2, 0.25) is 0 Å². The van der Waals surface area contributed by atoms with Crippen molar-refractivity contribution in [1.82, 2.24) is 16.0 Å². The van der Waals surface area contributed by atoms with Gasteiger partial charge in [0.15, 0.2) is 0 Å². The summed E-state index contributed by atoms with van der Waals surface area (Å²) in [4.78, 5) is 48.6. The third-order valence-corrected chi connectivity index (χ3v) is 4.40. The Morgan fingerprint density at radius 3 is 1.93 bits per heavy atom. The smallest absolute Gasteiger partial charge is 0.326 e.